The van der Waals surface area contributed by atoms with Crippen molar-refractivity contribution in [2.24, 2.45) is 17.3 Å². The average molecular weight is 196 g/mol. The van der Waals surface area contributed by atoms with Crippen LogP contribution < -0.4 is 0 Å². The maximum absolute atomic E-state index is 2.52. The summed E-state index contributed by atoms with van der Waals surface area (Å²) < 4.78 is 0. The quantitative estimate of drug-likeness (QED) is 0.581. The minimum Gasteiger partial charge on any atom is -0.0654 e. The van der Waals surface area contributed by atoms with Crippen LogP contribution in [0.2, 0.25) is 0 Å². The fraction of sp³-hybridized carbons (Fsp3) is 1.00. The molecule has 14 heavy (non-hydrogen) atoms. The van der Waals surface area contributed by atoms with E-state index in [-0.39, 0.29) is 0 Å². The molecule has 1 saturated carbocycles. The van der Waals surface area contributed by atoms with Gasteiger partial charge in [-0.25, -0.2) is 0 Å². The number of hydrogen-bond donors (Lipinski definition) is 0. The molecule has 84 valence electrons. The largest absolute Gasteiger partial charge is 0.0654 e. The van der Waals surface area contributed by atoms with Gasteiger partial charge in [0.05, 0.1) is 0 Å². The molecule has 0 spiro atoms. The molecule has 1 aliphatic carbocycles. The molecule has 0 heterocycles. The molecule has 0 amide bonds. The first-order chi connectivity index (χ1) is 6.56. The van der Waals surface area contributed by atoms with Gasteiger partial charge in [-0.15, -0.1) is 0 Å². The van der Waals surface area contributed by atoms with Gasteiger partial charge in [0.2, 0.25) is 0 Å². The van der Waals surface area contributed by atoms with E-state index >= 15 is 0 Å². The molecular weight excluding hydrogens is 168 g/mol. The van der Waals surface area contributed by atoms with E-state index in [1.807, 2.05) is 0 Å². The highest BCUT2D eigenvalue weighted by molar-refractivity contribution is 4.79. The van der Waals surface area contributed by atoms with Crippen molar-refractivity contribution >= 4 is 0 Å². The van der Waals surface area contributed by atoms with Crippen molar-refractivity contribution in [2.45, 2.75) is 72.6 Å². The molecule has 0 aromatic carbocycles. The highest BCUT2D eigenvalue weighted by Crippen LogP contribution is 2.41. The third-order valence-electron chi connectivity index (χ3n) is 4.09. The summed E-state index contributed by atoms with van der Waals surface area (Å²) in [5.74, 6) is 1.92. The molecule has 3 atom stereocenters. The Bertz CT molecular complexity index is 161. The highest BCUT2D eigenvalue weighted by atomic mass is 14.3. The Morgan fingerprint density at radius 1 is 1.07 bits per heavy atom. The van der Waals surface area contributed by atoms with Gasteiger partial charge in [0, 0.05) is 0 Å². The lowest BCUT2D eigenvalue weighted by molar-refractivity contribution is 0.162. The summed E-state index contributed by atoms with van der Waals surface area (Å²) in [5.41, 5.74) is 0.656. The van der Waals surface area contributed by atoms with Gasteiger partial charge in [-0.1, -0.05) is 53.4 Å². The Morgan fingerprint density at radius 2 is 1.71 bits per heavy atom. The van der Waals surface area contributed by atoms with Crippen LogP contribution in [0.4, 0.5) is 0 Å². The van der Waals surface area contributed by atoms with E-state index in [0.717, 1.165) is 11.8 Å². The van der Waals surface area contributed by atoms with Crippen LogP contribution in [0.5, 0.6) is 0 Å². The molecule has 1 aliphatic rings. The number of hydrogen-bond acceptors (Lipinski definition) is 0. The van der Waals surface area contributed by atoms with Crippen molar-refractivity contribution in [1.29, 1.82) is 0 Å². The van der Waals surface area contributed by atoms with Gasteiger partial charge >= 0.3 is 0 Å². The van der Waals surface area contributed by atoms with E-state index in [9.17, 15) is 0 Å². The van der Waals surface area contributed by atoms with Crippen molar-refractivity contribution in [2.75, 3.05) is 0 Å². The Hall–Kier alpha value is 0. The Morgan fingerprint density at radius 3 is 2.36 bits per heavy atom. The standard InChI is InChI=1S/C14H28/c1-5-9-14(4)10-8-12(2)6-7-13(3)11-14/h12-13H,5-11H2,1-4H3. The van der Waals surface area contributed by atoms with Crippen LogP contribution in [-0.4, -0.2) is 0 Å². The lowest BCUT2D eigenvalue weighted by Crippen LogP contribution is -2.23. The van der Waals surface area contributed by atoms with Gasteiger partial charge in [0.1, 0.15) is 0 Å². The first-order valence-corrected chi connectivity index (χ1v) is 6.56. The molecule has 1 rings (SSSR count). The Kier molecular flexibility index (Phi) is 4.47. The molecule has 0 heteroatoms. The van der Waals surface area contributed by atoms with Gasteiger partial charge in [-0.2, -0.15) is 0 Å². The lowest BCUT2D eigenvalue weighted by atomic mass is 9.70. The molecule has 0 bridgehead atoms. The molecule has 0 aliphatic heterocycles. The van der Waals surface area contributed by atoms with Crippen molar-refractivity contribution in [1.82, 2.24) is 0 Å². The average Bonchev–Trinajstić information content (AvgIpc) is 2.10. The van der Waals surface area contributed by atoms with Crippen LogP contribution in [0.1, 0.15) is 72.6 Å². The minimum atomic E-state index is 0.656. The maximum atomic E-state index is 2.52. The van der Waals surface area contributed by atoms with E-state index in [1.54, 1.807) is 0 Å². The molecule has 0 aromatic heterocycles. The topological polar surface area (TPSA) is 0 Å². The Labute approximate surface area is 90.5 Å². The summed E-state index contributed by atoms with van der Waals surface area (Å²) in [6.07, 6.45) is 10.1. The van der Waals surface area contributed by atoms with Gasteiger partial charge < -0.3 is 0 Å². The predicted octanol–water partition coefficient (Wildman–Crippen LogP) is 5.03. The zero-order valence-corrected chi connectivity index (χ0v) is 10.6. The molecule has 1 fully saturated rings. The minimum absolute atomic E-state index is 0.656. The van der Waals surface area contributed by atoms with Gasteiger partial charge in [0.15, 0.2) is 0 Å². The van der Waals surface area contributed by atoms with Crippen LogP contribution in [0.3, 0.4) is 0 Å². The van der Waals surface area contributed by atoms with Crippen molar-refractivity contribution in [3.8, 4) is 0 Å². The summed E-state index contributed by atoms with van der Waals surface area (Å²) in [4.78, 5) is 0. The zero-order chi connectivity index (χ0) is 10.6. The normalized spacial score (nSPS) is 40.3. The molecule has 0 saturated heterocycles. The van der Waals surface area contributed by atoms with E-state index in [4.69, 9.17) is 0 Å². The SMILES string of the molecule is CCCC1(C)CCC(C)CCC(C)C1. The summed E-state index contributed by atoms with van der Waals surface area (Å²) >= 11 is 0. The van der Waals surface area contributed by atoms with Crippen LogP contribution >= 0.6 is 0 Å². The first-order valence-electron chi connectivity index (χ1n) is 6.56. The molecule has 3 unspecified atom stereocenters. The van der Waals surface area contributed by atoms with Crippen LogP contribution in [0.25, 0.3) is 0 Å². The third-order valence-corrected chi connectivity index (χ3v) is 4.09. The second-order valence-corrected chi connectivity index (χ2v) is 6.09. The smallest absolute Gasteiger partial charge is 0.0323 e. The predicted molar refractivity (Wildman–Crippen MR) is 64.4 cm³/mol. The summed E-state index contributed by atoms with van der Waals surface area (Å²) in [6, 6.07) is 0. The van der Waals surface area contributed by atoms with E-state index < -0.39 is 0 Å². The zero-order valence-electron chi connectivity index (χ0n) is 10.6. The monoisotopic (exact) mass is 196 g/mol. The summed E-state index contributed by atoms with van der Waals surface area (Å²) in [7, 11) is 0. The van der Waals surface area contributed by atoms with Gasteiger partial charge in [-0.3, -0.25) is 0 Å². The second kappa shape index (κ2) is 5.19. The molecule has 0 N–H and O–H groups in total. The highest BCUT2D eigenvalue weighted by Gasteiger charge is 2.28. The van der Waals surface area contributed by atoms with E-state index in [2.05, 4.69) is 27.7 Å². The Balaban J connectivity index is 2.55. The van der Waals surface area contributed by atoms with E-state index in [0.29, 0.717) is 5.41 Å². The van der Waals surface area contributed by atoms with Crippen LogP contribution in [0.15, 0.2) is 0 Å². The fourth-order valence-corrected chi connectivity index (χ4v) is 3.18. The van der Waals surface area contributed by atoms with Crippen LogP contribution in [0, 0.1) is 17.3 Å². The molecular formula is C14H28. The van der Waals surface area contributed by atoms with Gasteiger partial charge in [0.25, 0.3) is 0 Å². The summed E-state index contributed by atoms with van der Waals surface area (Å²) in [6.45, 7) is 9.74. The lowest BCUT2D eigenvalue weighted by Gasteiger charge is -2.36. The third kappa shape index (κ3) is 3.63. The van der Waals surface area contributed by atoms with Crippen LogP contribution in [-0.2, 0) is 0 Å². The summed E-state index contributed by atoms with van der Waals surface area (Å²) in [5, 5.41) is 0. The molecule has 0 radical (unpaired) electrons. The fourth-order valence-electron chi connectivity index (χ4n) is 3.18. The maximum Gasteiger partial charge on any atom is -0.0323 e. The van der Waals surface area contributed by atoms with Crippen molar-refractivity contribution in [3.63, 3.8) is 0 Å². The number of rotatable bonds is 2. The molecule has 0 aromatic rings. The van der Waals surface area contributed by atoms with Gasteiger partial charge in [-0.05, 0) is 36.5 Å². The van der Waals surface area contributed by atoms with Crippen molar-refractivity contribution < 1.29 is 0 Å². The molecule has 0 nitrogen and oxygen atoms in total. The van der Waals surface area contributed by atoms with Crippen molar-refractivity contribution in [3.05, 3.63) is 0 Å². The first kappa shape index (κ1) is 12.1. The van der Waals surface area contributed by atoms with E-state index in [1.165, 1.54) is 44.9 Å². The second-order valence-electron chi connectivity index (χ2n) is 6.09.